The summed E-state index contributed by atoms with van der Waals surface area (Å²) in [6.45, 7) is 6.52. The first-order chi connectivity index (χ1) is 7.02. The van der Waals surface area contributed by atoms with Crippen LogP contribution in [0.15, 0.2) is 0 Å². The first-order valence-electron chi connectivity index (χ1n) is 5.53. The van der Waals surface area contributed by atoms with Gasteiger partial charge in [0.25, 0.3) is 0 Å². The molecule has 1 unspecified atom stereocenters. The fourth-order valence-electron chi connectivity index (χ4n) is 1.11. The molecule has 15 heavy (non-hydrogen) atoms. The molecule has 0 fully saturated rings. The number of hydrogen-bond donors (Lipinski definition) is 1. The normalized spacial score (nSPS) is 14.1. The van der Waals surface area contributed by atoms with E-state index in [0.29, 0.717) is 12.6 Å². The van der Waals surface area contributed by atoms with E-state index < -0.39 is 9.84 Å². The average molecular weight is 253 g/mol. The minimum Gasteiger partial charge on any atom is -0.313 e. The van der Waals surface area contributed by atoms with Crippen LogP contribution in [0.4, 0.5) is 0 Å². The molecule has 0 heterocycles. The molecule has 0 spiro atoms. The summed E-state index contributed by atoms with van der Waals surface area (Å²) < 4.78 is 22.4. The van der Waals surface area contributed by atoms with Crippen molar-refractivity contribution >= 4 is 21.6 Å². The minimum absolute atomic E-state index is 0.245. The molecule has 0 saturated heterocycles. The van der Waals surface area contributed by atoms with Crippen molar-refractivity contribution in [1.82, 2.24) is 5.32 Å². The molecule has 0 aliphatic rings. The largest absolute Gasteiger partial charge is 0.313 e. The van der Waals surface area contributed by atoms with E-state index in [0.717, 1.165) is 17.9 Å². The van der Waals surface area contributed by atoms with Gasteiger partial charge in [0.15, 0.2) is 9.84 Å². The lowest BCUT2D eigenvalue weighted by Gasteiger charge is -2.12. The zero-order chi connectivity index (χ0) is 11.7. The molecule has 0 aromatic carbocycles. The third-order valence-electron chi connectivity index (χ3n) is 2.25. The third-order valence-corrected chi connectivity index (χ3v) is 4.88. The lowest BCUT2D eigenvalue weighted by atomic mass is 10.3. The number of sulfone groups is 1. The van der Waals surface area contributed by atoms with Crippen molar-refractivity contribution in [1.29, 1.82) is 0 Å². The predicted molar refractivity (Wildman–Crippen MR) is 69.4 cm³/mol. The van der Waals surface area contributed by atoms with Crippen molar-refractivity contribution in [2.75, 3.05) is 29.6 Å². The molecule has 0 bridgehead atoms. The van der Waals surface area contributed by atoms with Crippen LogP contribution >= 0.6 is 11.8 Å². The van der Waals surface area contributed by atoms with Crippen molar-refractivity contribution in [2.24, 2.45) is 0 Å². The summed E-state index contributed by atoms with van der Waals surface area (Å²) in [6, 6.07) is 0.413. The molecule has 1 N–H and O–H groups in total. The highest BCUT2D eigenvalue weighted by Crippen LogP contribution is 2.03. The van der Waals surface area contributed by atoms with Crippen molar-refractivity contribution in [2.45, 2.75) is 33.2 Å². The zero-order valence-corrected chi connectivity index (χ0v) is 11.6. The van der Waals surface area contributed by atoms with Gasteiger partial charge in [-0.05, 0) is 24.9 Å². The number of rotatable bonds is 9. The van der Waals surface area contributed by atoms with E-state index in [9.17, 15) is 8.42 Å². The van der Waals surface area contributed by atoms with Crippen LogP contribution in [-0.4, -0.2) is 44.0 Å². The molecule has 0 aliphatic heterocycles. The summed E-state index contributed by atoms with van der Waals surface area (Å²) in [7, 11) is -2.81. The Morgan fingerprint density at radius 3 is 2.53 bits per heavy atom. The Morgan fingerprint density at radius 1 is 1.33 bits per heavy atom. The first kappa shape index (κ1) is 15.3. The molecule has 92 valence electrons. The van der Waals surface area contributed by atoms with Crippen LogP contribution in [0.1, 0.15) is 27.2 Å². The van der Waals surface area contributed by atoms with E-state index in [1.54, 1.807) is 6.92 Å². The molecule has 0 aromatic heterocycles. The Labute approximate surface area is 98.3 Å². The molecule has 0 rings (SSSR count). The Morgan fingerprint density at radius 2 is 2.00 bits per heavy atom. The average Bonchev–Trinajstić information content (AvgIpc) is 2.18. The van der Waals surface area contributed by atoms with Crippen LogP contribution in [0.5, 0.6) is 0 Å². The monoisotopic (exact) mass is 253 g/mol. The van der Waals surface area contributed by atoms with Gasteiger partial charge in [-0.25, -0.2) is 8.42 Å². The highest BCUT2D eigenvalue weighted by atomic mass is 32.2. The molecule has 1 atom stereocenters. The quantitative estimate of drug-likeness (QED) is 0.633. The van der Waals surface area contributed by atoms with Crippen LogP contribution in [0.25, 0.3) is 0 Å². The second kappa shape index (κ2) is 8.42. The summed E-state index contributed by atoms with van der Waals surface area (Å²) in [5.74, 6) is 2.80. The molecule has 0 aliphatic carbocycles. The molecule has 0 radical (unpaired) electrons. The van der Waals surface area contributed by atoms with E-state index in [2.05, 4.69) is 19.2 Å². The van der Waals surface area contributed by atoms with Gasteiger partial charge < -0.3 is 5.32 Å². The topological polar surface area (TPSA) is 46.2 Å². The Kier molecular flexibility index (Phi) is 8.56. The van der Waals surface area contributed by atoms with Gasteiger partial charge in [-0.2, -0.15) is 11.8 Å². The van der Waals surface area contributed by atoms with Gasteiger partial charge in [-0.15, -0.1) is 0 Å². The van der Waals surface area contributed by atoms with E-state index in [-0.39, 0.29) is 11.5 Å². The maximum absolute atomic E-state index is 11.2. The lowest BCUT2D eigenvalue weighted by Crippen LogP contribution is -2.31. The van der Waals surface area contributed by atoms with E-state index >= 15 is 0 Å². The van der Waals surface area contributed by atoms with Crippen molar-refractivity contribution in [3.05, 3.63) is 0 Å². The van der Waals surface area contributed by atoms with Gasteiger partial charge >= 0.3 is 0 Å². The van der Waals surface area contributed by atoms with E-state index in [1.807, 2.05) is 11.8 Å². The molecular formula is C10H23NO2S2. The fraction of sp³-hybridized carbons (Fsp3) is 1.00. The Bertz CT molecular complexity index is 240. The van der Waals surface area contributed by atoms with Crippen molar-refractivity contribution in [3.8, 4) is 0 Å². The van der Waals surface area contributed by atoms with Crippen LogP contribution in [0.3, 0.4) is 0 Å². The highest BCUT2D eigenvalue weighted by molar-refractivity contribution is 7.99. The summed E-state index contributed by atoms with van der Waals surface area (Å²) in [4.78, 5) is 0. The second-order valence-corrected chi connectivity index (χ2v) is 7.44. The Balaban J connectivity index is 3.50. The number of thioether (sulfide) groups is 1. The lowest BCUT2D eigenvalue weighted by molar-refractivity contribution is 0.548. The standard InChI is InChI=1S/C10H23NO2S2/c1-4-14-8-6-10(3)11-7-9-15(12,13)5-2/h10-11H,4-9H2,1-3H3. The van der Waals surface area contributed by atoms with Gasteiger partial charge in [-0.3, -0.25) is 0 Å². The highest BCUT2D eigenvalue weighted by Gasteiger charge is 2.07. The maximum Gasteiger partial charge on any atom is 0.151 e. The fourth-order valence-corrected chi connectivity index (χ4v) is 2.64. The minimum atomic E-state index is -2.81. The van der Waals surface area contributed by atoms with Gasteiger partial charge in [0.2, 0.25) is 0 Å². The number of nitrogens with one attached hydrogen (secondary N) is 1. The van der Waals surface area contributed by atoms with E-state index in [4.69, 9.17) is 0 Å². The zero-order valence-electron chi connectivity index (χ0n) is 9.95. The maximum atomic E-state index is 11.2. The van der Waals surface area contributed by atoms with Gasteiger partial charge in [0.05, 0.1) is 5.75 Å². The summed E-state index contributed by atoms with van der Waals surface area (Å²) >= 11 is 1.92. The van der Waals surface area contributed by atoms with Crippen LogP contribution in [-0.2, 0) is 9.84 Å². The molecular weight excluding hydrogens is 230 g/mol. The molecule has 5 heteroatoms. The molecule has 3 nitrogen and oxygen atoms in total. The molecule has 0 amide bonds. The van der Waals surface area contributed by atoms with Crippen LogP contribution < -0.4 is 5.32 Å². The SMILES string of the molecule is CCSCCC(C)NCCS(=O)(=O)CC. The van der Waals surface area contributed by atoms with Crippen molar-refractivity contribution < 1.29 is 8.42 Å². The van der Waals surface area contributed by atoms with Crippen LogP contribution in [0.2, 0.25) is 0 Å². The summed E-state index contributed by atoms with van der Waals surface area (Å²) in [6.07, 6.45) is 1.10. The summed E-state index contributed by atoms with van der Waals surface area (Å²) in [5.41, 5.74) is 0. The van der Waals surface area contributed by atoms with Gasteiger partial charge in [0, 0.05) is 18.3 Å². The first-order valence-corrected chi connectivity index (χ1v) is 8.51. The smallest absolute Gasteiger partial charge is 0.151 e. The number of hydrogen-bond acceptors (Lipinski definition) is 4. The Hall–Kier alpha value is 0.260. The second-order valence-electron chi connectivity index (χ2n) is 3.58. The predicted octanol–water partition coefficient (Wildman–Crippen LogP) is 1.54. The van der Waals surface area contributed by atoms with Crippen LogP contribution in [0, 0.1) is 0 Å². The van der Waals surface area contributed by atoms with Gasteiger partial charge in [-0.1, -0.05) is 13.8 Å². The third kappa shape index (κ3) is 9.20. The molecule has 0 saturated carbocycles. The van der Waals surface area contributed by atoms with E-state index in [1.165, 1.54) is 0 Å². The van der Waals surface area contributed by atoms with Crippen molar-refractivity contribution in [3.63, 3.8) is 0 Å². The summed E-state index contributed by atoms with van der Waals surface area (Å²) in [5, 5.41) is 3.24. The molecule has 0 aromatic rings. The van der Waals surface area contributed by atoms with Gasteiger partial charge in [0.1, 0.15) is 0 Å².